The van der Waals surface area contributed by atoms with Gasteiger partial charge in [-0.3, -0.25) is 9.36 Å². The predicted molar refractivity (Wildman–Crippen MR) is 254 cm³/mol. The molecule has 298 valence electrons. The fraction of sp³-hybridized carbons (Fsp3) is 0.138. The maximum atomic E-state index is 14.3. The van der Waals surface area contributed by atoms with Crippen LogP contribution in [0.5, 0.6) is 0 Å². The normalized spacial score (nSPS) is 16.2. The number of carbonyl (C=O) groups excluding carboxylic acids is 1. The summed E-state index contributed by atoms with van der Waals surface area (Å²) in [6.07, 6.45) is 5.35. The van der Waals surface area contributed by atoms with E-state index in [1.807, 2.05) is 4.57 Å². The Morgan fingerprint density at radius 3 is 2.08 bits per heavy atom. The molecule has 8 aromatic carbocycles. The fourth-order valence-corrected chi connectivity index (χ4v) is 10.7. The van der Waals surface area contributed by atoms with Gasteiger partial charge in [-0.1, -0.05) is 146 Å². The zero-order chi connectivity index (χ0) is 41.1. The van der Waals surface area contributed by atoms with Crippen LogP contribution in [0.2, 0.25) is 0 Å². The number of para-hydroxylation sites is 1. The maximum absolute atomic E-state index is 14.3. The zero-order valence-corrected chi connectivity index (χ0v) is 34.5. The molecule has 4 heteroatoms. The molecule has 2 aliphatic rings. The van der Waals surface area contributed by atoms with Crippen molar-refractivity contribution in [1.82, 2.24) is 14.1 Å². The van der Waals surface area contributed by atoms with Crippen LogP contribution >= 0.6 is 0 Å². The van der Waals surface area contributed by atoms with Crippen LogP contribution in [0.4, 0.5) is 0 Å². The van der Waals surface area contributed by atoms with E-state index in [0.29, 0.717) is 12.3 Å². The first-order valence-electron chi connectivity index (χ1n) is 22.1. The van der Waals surface area contributed by atoms with Crippen molar-refractivity contribution in [3.8, 4) is 39.3 Å². The largest absolute Gasteiger partial charge is 0.309 e. The highest BCUT2D eigenvalue weighted by atomic mass is 16.2. The van der Waals surface area contributed by atoms with Crippen molar-refractivity contribution in [3.63, 3.8) is 0 Å². The van der Waals surface area contributed by atoms with Crippen LogP contribution < -0.4 is 0 Å². The van der Waals surface area contributed by atoms with Crippen molar-refractivity contribution in [2.45, 2.75) is 50.4 Å². The van der Waals surface area contributed by atoms with Gasteiger partial charge < -0.3 is 4.57 Å². The van der Waals surface area contributed by atoms with Crippen molar-refractivity contribution in [2.75, 3.05) is 0 Å². The Hall–Kier alpha value is -7.30. The number of hydrogen-bond acceptors (Lipinski definition) is 2. The number of rotatable bonds is 5. The first-order valence-corrected chi connectivity index (χ1v) is 22.1. The van der Waals surface area contributed by atoms with E-state index in [2.05, 4.69) is 193 Å². The molecule has 1 aliphatic heterocycles. The summed E-state index contributed by atoms with van der Waals surface area (Å²) in [6.45, 7) is 0. The van der Waals surface area contributed by atoms with Crippen LogP contribution in [-0.4, -0.2) is 20.0 Å². The molecular weight excluding hydrogens is 755 g/mol. The molecule has 1 aliphatic carbocycles. The summed E-state index contributed by atoms with van der Waals surface area (Å²) < 4.78 is 4.24. The summed E-state index contributed by atoms with van der Waals surface area (Å²) in [5.74, 6) is 1.52. The predicted octanol–water partition coefficient (Wildman–Crippen LogP) is 14.2. The number of aromatic nitrogens is 3. The first-order chi connectivity index (χ1) is 30.6. The summed E-state index contributed by atoms with van der Waals surface area (Å²) in [5.41, 5.74) is 17.9. The highest BCUT2D eigenvalue weighted by Gasteiger charge is 2.27. The molecule has 10 aromatic rings. The van der Waals surface area contributed by atoms with Crippen molar-refractivity contribution >= 4 is 38.7 Å². The average Bonchev–Trinajstić information content (AvgIpc) is 3.84. The number of imidazole rings is 1. The van der Waals surface area contributed by atoms with E-state index in [-0.39, 0.29) is 11.8 Å². The van der Waals surface area contributed by atoms with Gasteiger partial charge in [-0.15, -0.1) is 0 Å². The zero-order valence-electron chi connectivity index (χ0n) is 34.5. The smallest absolute Gasteiger partial charge is 0.232 e. The van der Waals surface area contributed by atoms with Crippen LogP contribution in [0, 0.1) is 0 Å². The van der Waals surface area contributed by atoms with Crippen LogP contribution in [0.15, 0.2) is 188 Å². The second-order valence-corrected chi connectivity index (χ2v) is 17.3. The summed E-state index contributed by atoms with van der Waals surface area (Å²) in [4.78, 5) is 19.5. The van der Waals surface area contributed by atoms with E-state index >= 15 is 0 Å². The number of carbonyl (C=O) groups is 1. The van der Waals surface area contributed by atoms with Crippen LogP contribution in [0.25, 0.3) is 72.2 Å². The number of hydrogen-bond donors (Lipinski definition) is 0. The van der Waals surface area contributed by atoms with Gasteiger partial charge in [0.15, 0.2) is 0 Å². The number of aryl methyl sites for hydroxylation is 1. The average molecular weight is 800 g/mol. The quantitative estimate of drug-likeness (QED) is 0.174. The molecule has 2 atom stereocenters. The Morgan fingerprint density at radius 2 is 1.21 bits per heavy atom. The summed E-state index contributed by atoms with van der Waals surface area (Å²) in [6, 6.07) is 68.4. The summed E-state index contributed by atoms with van der Waals surface area (Å²) >= 11 is 0. The first kappa shape index (κ1) is 36.5. The van der Waals surface area contributed by atoms with Gasteiger partial charge in [0.05, 0.1) is 22.1 Å². The van der Waals surface area contributed by atoms with E-state index in [1.54, 1.807) is 0 Å². The lowest BCUT2D eigenvalue weighted by Gasteiger charge is -2.19. The highest BCUT2D eigenvalue weighted by Crippen LogP contribution is 2.43. The van der Waals surface area contributed by atoms with Crippen LogP contribution in [0.1, 0.15) is 63.7 Å². The van der Waals surface area contributed by atoms with Gasteiger partial charge in [0, 0.05) is 28.4 Å². The lowest BCUT2D eigenvalue weighted by atomic mass is 9.85. The van der Waals surface area contributed by atoms with E-state index in [9.17, 15) is 4.79 Å². The Labute approximate surface area is 361 Å². The molecule has 2 aromatic heterocycles. The Balaban J connectivity index is 0.956. The van der Waals surface area contributed by atoms with Gasteiger partial charge in [0.2, 0.25) is 5.91 Å². The Morgan fingerprint density at radius 1 is 0.516 bits per heavy atom. The minimum Gasteiger partial charge on any atom is -0.309 e. The van der Waals surface area contributed by atoms with E-state index < -0.39 is 0 Å². The van der Waals surface area contributed by atoms with E-state index in [4.69, 9.17) is 4.98 Å². The molecule has 0 amide bonds. The molecule has 4 nitrogen and oxygen atoms in total. The van der Waals surface area contributed by atoms with Gasteiger partial charge in [0.1, 0.15) is 5.82 Å². The third-order valence-electron chi connectivity index (χ3n) is 13.7. The molecule has 3 heterocycles. The molecule has 2 unspecified atom stereocenters. The molecule has 0 saturated heterocycles. The van der Waals surface area contributed by atoms with Gasteiger partial charge >= 0.3 is 0 Å². The van der Waals surface area contributed by atoms with Gasteiger partial charge in [-0.2, -0.15) is 0 Å². The van der Waals surface area contributed by atoms with E-state index in [1.165, 1.54) is 60.8 Å². The van der Waals surface area contributed by atoms with Crippen molar-refractivity contribution in [3.05, 3.63) is 216 Å². The fourth-order valence-electron chi connectivity index (χ4n) is 10.7. The van der Waals surface area contributed by atoms with Crippen molar-refractivity contribution in [2.24, 2.45) is 0 Å². The molecule has 0 spiro atoms. The van der Waals surface area contributed by atoms with Crippen LogP contribution in [-0.2, 0) is 19.3 Å². The Bertz CT molecular complexity index is 3340. The molecule has 0 saturated carbocycles. The number of benzene rings is 8. The monoisotopic (exact) mass is 799 g/mol. The number of nitrogens with zero attached hydrogens (tertiary/aromatic N) is 3. The molecule has 0 N–H and O–H groups in total. The molecule has 12 rings (SSSR count). The lowest BCUT2D eigenvalue weighted by molar-refractivity contribution is 0.0904. The molecule has 0 bridgehead atoms. The summed E-state index contributed by atoms with van der Waals surface area (Å²) in [7, 11) is 0. The minimum atomic E-state index is 0.0882. The van der Waals surface area contributed by atoms with Gasteiger partial charge in [-0.05, 0) is 136 Å². The SMILES string of the molecule is O=C1CCC(c2ccccc2)Cc2ccccc2-c2nc3cc(-n4c5ccccc5c5cc(-c6ccc7c(c6)-c6ccccc6CCC7Cc6ccccc6)ccc54)ccc3n21. The maximum Gasteiger partial charge on any atom is 0.232 e. The number of fused-ring (bicyclic) bond motifs is 11. The molecule has 0 fully saturated rings. The Kier molecular flexibility index (Phi) is 8.84. The lowest BCUT2D eigenvalue weighted by Crippen LogP contribution is -2.12. The molecule has 0 radical (unpaired) electrons. The molecule has 62 heavy (non-hydrogen) atoms. The van der Waals surface area contributed by atoms with Crippen molar-refractivity contribution in [1.29, 1.82) is 0 Å². The molecular formula is C58H45N3O. The highest BCUT2D eigenvalue weighted by molar-refractivity contribution is 6.11. The van der Waals surface area contributed by atoms with Gasteiger partial charge in [-0.25, -0.2) is 4.98 Å². The topological polar surface area (TPSA) is 39.8 Å². The van der Waals surface area contributed by atoms with Crippen LogP contribution in [0.3, 0.4) is 0 Å². The second-order valence-electron chi connectivity index (χ2n) is 17.3. The minimum absolute atomic E-state index is 0.0882. The van der Waals surface area contributed by atoms with E-state index in [0.717, 1.165) is 71.2 Å². The van der Waals surface area contributed by atoms with Crippen molar-refractivity contribution < 1.29 is 4.79 Å². The second kappa shape index (κ2) is 15.0. The third kappa shape index (κ3) is 6.20. The summed E-state index contributed by atoms with van der Waals surface area (Å²) in [5, 5.41) is 2.42. The third-order valence-corrected chi connectivity index (χ3v) is 13.7. The van der Waals surface area contributed by atoms with Gasteiger partial charge in [0.25, 0.3) is 0 Å². The standard InChI is InChI=1S/C58H45N3O/c62-57-32-27-41(39-15-5-2-6-16-39)34-44-18-8-10-20-49(44)58-59-53-37-46(28-31-56(53)61(57)58)60-54-22-12-11-21-50(54)52-36-43(26-30-55(52)60)42-25-29-48-45(33-38-13-3-1-4-14-38)24-23-40-17-7-9-19-47(40)51(48)35-42/h1-22,25-26,28-31,35-37,41,45H,23-24,27,32-34H2.